The molecule has 0 aliphatic heterocycles. The number of hydrogen-bond acceptors (Lipinski definition) is 5. The number of amides is 1. The highest BCUT2D eigenvalue weighted by molar-refractivity contribution is 6.05. The summed E-state index contributed by atoms with van der Waals surface area (Å²) in [6.07, 6.45) is 5.84. The Labute approximate surface area is 183 Å². The molecule has 162 valence electrons. The number of aromatic nitrogens is 1. The zero-order valence-corrected chi connectivity index (χ0v) is 18.2. The largest absolute Gasteiger partial charge is 0.449 e. The Balaban J connectivity index is 1.59. The fraction of sp³-hybridized carbons (Fsp3) is 0.520. The van der Waals surface area contributed by atoms with Crippen molar-refractivity contribution in [3.8, 4) is 6.07 Å². The van der Waals surface area contributed by atoms with E-state index in [4.69, 9.17) is 9.72 Å². The molecule has 0 bridgehead atoms. The second-order valence-electron chi connectivity index (χ2n) is 9.07. The van der Waals surface area contributed by atoms with E-state index in [1.807, 2.05) is 24.3 Å². The average molecular weight is 420 g/mol. The first-order valence-electron chi connectivity index (χ1n) is 11.3. The number of nitriles is 1. The maximum atomic E-state index is 13.3. The molecule has 1 aromatic carbocycles. The van der Waals surface area contributed by atoms with Crippen LogP contribution in [0, 0.1) is 17.2 Å². The fourth-order valence-corrected chi connectivity index (χ4v) is 4.83. The van der Waals surface area contributed by atoms with Crippen LogP contribution < -0.4 is 5.32 Å². The summed E-state index contributed by atoms with van der Waals surface area (Å²) in [5.74, 6) is -0.455. The monoisotopic (exact) mass is 419 g/mol. The van der Waals surface area contributed by atoms with Crippen LogP contribution in [-0.4, -0.2) is 28.5 Å². The summed E-state index contributed by atoms with van der Waals surface area (Å²) < 4.78 is 5.65. The van der Waals surface area contributed by atoms with Gasteiger partial charge in [-0.2, -0.15) is 5.26 Å². The van der Waals surface area contributed by atoms with Crippen molar-refractivity contribution < 1.29 is 14.3 Å². The first kappa shape index (κ1) is 21.3. The Morgan fingerprint density at radius 3 is 2.74 bits per heavy atom. The van der Waals surface area contributed by atoms with Crippen LogP contribution >= 0.6 is 0 Å². The molecule has 1 saturated carbocycles. The number of para-hydroxylation sites is 1. The number of nitrogens with zero attached hydrogens (tertiary/aromatic N) is 2. The van der Waals surface area contributed by atoms with Gasteiger partial charge in [0.25, 0.3) is 5.91 Å². The van der Waals surface area contributed by atoms with E-state index in [0.717, 1.165) is 60.7 Å². The Morgan fingerprint density at radius 2 is 2.00 bits per heavy atom. The number of pyridine rings is 1. The lowest BCUT2D eigenvalue weighted by Gasteiger charge is -2.32. The van der Waals surface area contributed by atoms with E-state index in [-0.39, 0.29) is 0 Å². The standard InChI is InChI=1S/C25H29N3O3/c1-16-10-11-21-19(14-16)22(18-8-4-5-9-20(18)27-21)24(30)31-17(2)23(29)28-25(15-26)12-6-3-7-13-25/h4-5,8-9,16-17H,3,6-7,10-14H2,1-2H3,(H,28,29). The molecule has 2 unspecified atom stereocenters. The predicted molar refractivity (Wildman–Crippen MR) is 117 cm³/mol. The van der Waals surface area contributed by atoms with Crippen LogP contribution in [0.4, 0.5) is 0 Å². The number of hydrogen-bond donors (Lipinski definition) is 1. The van der Waals surface area contributed by atoms with Gasteiger partial charge in [0.1, 0.15) is 5.54 Å². The molecule has 2 aliphatic carbocycles. The van der Waals surface area contributed by atoms with Crippen LogP contribution in [0.1, 0.15) is 74.0 Å². The highest BCUT2D eigenvalue weighted by atomic mass is 16.5. The molecule has 6 heteroatoms. The third kappa shape index (κ3) is 4.27. The van der Waals surface area contributed by atoms with Crippen LogP contribution in [0.25, 0.3) is 10.9 Å². The van der Waals surface area contributed by atoms with Gasteiger partial charge >= 0.3 is 5.97 Å². The number of carbonyl (C=O) groups excluding carboxylic acids is 2. The van der Waals surface area contributed by atoms with Gasteiger partial charge in [-0.1, -0.05) is 44.4 Å². The van der Waals surface area contributed by atoms with E-state index in [9.17, 15) is 14.9 Å². The van der Waals surface area contributed by atoms with Gasteiger partial charge in [0, 0.05) is 11.1 Å². The molecule has 1 amide bonds. The third-order valence-electron chi connectivity index (χ3n) is 6.65. The maximum absolute atomic E-state index is 13.3. The van der Waals surface area contributed by atoms with Gasteiger partial charge in [0.05, 0.1) is 17.1 Å². The SMILES string of the molecule is CC1CCc2nc3ccccc3c(C(=O)OC(C)C(=O)NC3(C#N)CCCCC3)c2C1. The number of benzene rings is 1. The molecule has 0 saturated heterocycles. The van der Waals surface area contributed by atoms with Crippen LogP contribution in [0.2, 0.25) is 0 Å². The zero-order valence-electron chi connectivity index (χ0n) is 18.2. The Bertz CT molecular complexity index is 1050. The van der Waals surface area contributed by atoms with Crippen molar-refractivity contribution in [2.24, 2.45) is 5.92 Å². The maximum Gasteiger partial charge on any atom is 0.339 e. The van der Waals surface area contributed by atoms with Gasteiger partial charge in [-0.3, -0.25) is 9.78 Å². The quantitative estimate of drug-likeness (QED) is 0.748. The van der Waals surface area contributed by atoms with Crippen molar-refractivity contribution >= 4 is 22.8 Å². The molecule has 2 aliphatic rings. The van der Waals surface area contributed by atoms with Crippen molar-refractivity contribution in [3.05, 3.63) is 41.1 Å². The van der Waals surface area contributed by atoms with Crippen molar-refractivity contribution in [2.45, 2.75) is 76.9 Å². The van der Waals surface area contributed by atoms with Gasteiger partial charge in [-0.25, -0.2) is 4.79 Å². The summed E-state index contributed by atoms with van der Waals surface area (Å²) >= 11 is 0. The van der Waals surface area contributed by atoms with Crippen molar-refractivity contribution in [2.75, 3.05) is 0 Å². The van der Waals surface area contributed by atoms with Gasteiger partial charge in [0.15, 0.2) is 6.10 Å². The van der Waals surface area contributed by atoms with Crippen molar-refractivity contribution in [3.63, 3.8) is 0 Å². The highest BCUT2D eigenvalue weighted by Crippen LogP contribution is 2.32. The van der Waals surface area contributed by atoms with Crippen LogP contribution in [0.3, 0.4) is 0 Å². The predicted octanol–water partition coefficient (Wildman–Crippen LogP) is 4.25. The molecular weight excluding hydrogens is 390 g/mol. The second-order valence-corrected chi connectivity index (χ2v) is 9.07. The Morgan fingerprint density at radius 1 is 1.26 bits per heavy atom. The molecule has 0 spiro atoms. The minimum Gasteiger partial charge on any atom is -0.449 e. The highest BCUT2D eigenvalue weighted by Gasteiger charge is 2.36. The molecule has 2 aromatic rings. The lowest BCUT2D eigenvalue weighted by Crippen LogP contribution is -2.52. The van der Waals surface area contributed by atoms with Gasteiger partial charge in [0.2, 0.25) is 0 Å². The smallest absolute Gasteiger partial charge is 0.339 e. The molecule has 1 heterocycles. The number of fused-ring (bicyclic) bond motifs is 2. The topological polar surface area (TPSA) is 92.1 Å². The van der Waals surface area contributed by atoms with E-state index >= 15 is 0 Å². The summed E-state index contributed by atoms with van der Waals surface area (Å²) in [5, 5.41) is 13.2. The minimum absolute atomic E-state index is 0.419. The normalized spacial score (nSPS) is 20.9. The summed E-state index contributed by atoms with van der Waals surface area (Å²) in [4.78, 5) is 30.9. The molecule has 0 radical (unpaired) electrons. The Kier molecular flexibility index (Phi) is 5.95. The van der Waals surface area contributed by atoms with E-state index in [2.05, 4.69) is 18.3 Å². The van der Waals surface area contributed by atoms with E-state index < -0.39 is 23.5 Å². The third-order valence-corrected chi connectivity index (χ3v) is 6.65. The summed E-state index contributed by atoms with van der Waals surface area (Å²) in [6, 6.07) is 9.86. The minimum atomic E-state index is -0.983. The summed E-state index contributed by atoms with van der Waals surface area (Å²) in [5.41, 5.74) is 2.33. The van der Waals surface area contributed by atoms with E-state index in [0.29, 0.717) is 24.3 Å². The van der Waals surface area contributed by atoms with Crippen LogP contribution in [-0.2, 0) is 22.4 Å². The molecule has 1 fully saturated rings. The molecule has 4 rings (SSSR count). The number of esters is 1. The second kappa shape index (κ2) is 8.66. The molecule has 1 N–H and O–H groups in total. The van der Waals surface area contributed by atoms with Crippen LogP contribution in [0.5, 0.6) is 0 Å². The molecule has 6 nitrogen and oxygen atoms in total. The van der Waals surface area contributed by atoms with Crippen LogP contribution in [0.15, 0.2) is 24.3 Å². The molecular formula is C25H29N3O3. The fourth-order valence-electron chi connectivity index (χ4n) is 4.83. The summed E-state index contributed by atoms with van der Waals surface area (Å²) in [6.45, 7) is 3.74. The Hall–Kier alpha value is -2.94. The number of carbonyl (C=O) groups is 2. The van der Waals surface area contributed by atoms with E-state index in [1.54, 1.807) is 6.92 Å². The number of nitrogens with one attached hydrogen (secondary N) is 1. The van der Waals surface area contributed by atoms with Gasteiger partial charge in [-0.05, 0) is 56.6 Å². The lowest BCUT2D eigenvalue weighted by molar-refractivity contribution is -0.130. The molecule has 2 atom stereocenters. The molecule has 31 heavy (non-hydrogen) atoms. The first-order chi connectivity index (χ1) is 14.9. The number of rotatable bonds is 4. The molecule has 1 aromatic heterocycles. The summed E-state index contributed by atoms with van der Waals surface area (Å²) in [7, 11) is 0. The average Bonchev–Trinajstić information content (AvgIpc) is 2.78. The first-order valence-corrected chi connectivity index (χ1v) is 11.3. The number of aryl methyl sites for hydroxylation is 1. The van der Waals surface area contributed by atoms with Crippen molar-refractivity contribution in [1.29, 1.82) is 5.26 Å². The zero-order chi connectivity index (χ0) is 22.0. The van der Waals surface area contributed by atoms with Crippen molar-refractivity contribution in [1.82, 2.24) is 10.3 Å². The number of ether oxygens (including phenoxy) is 1. The van der Waals surface area contributed by atoms with E-state index in [1.165, 1.54) is 0 Å². The van der Waals surface area contributed by atoms with Gasteiger partial charge in [-0.15, -0.1) is 0 Å². The van der Waals surface area contributed by atoms with Gasteiger partial charge < -0.3 is 10.1 Å². The lowest BCUT2D eigenvalue weighted by atomic mass is 9.82.